The number of amides is 3. The highest BCUT2D eigenvalue weighted by Crippen LogP contribution is 2.33. The number of amidine groups is 1. The van der Waals surface area contributed by atoms with Crippen molar-refractivity contribution >= 4 is 39.5 Å². The van der Waals surface area contributed by atoms with Crippen LogP contribution in [0.5, 0.6) is 0 Å². The van der Waals surface area contributed by atoms with Crippen LogP contribution >= 0.6 is 15.9 Å². The van der Waals surface area contributed by atoms with Crippen molar-refractivity contribution in [1.82, 2.24) is 15.5 Å². The van der Waals surface area contributed by atoms with Crippen molar-refractivity contribution in [3.63, 3.8) is 0 Å². The molecule has 2 aliphatic rings. The van der Waals surface area contributed by atoms with Crippen molar-refractivity contribution < 1.29 is 20.9 Å². The maximum absolute atomic E-state index is 13.4. The lowest BCUT2D eigenvalue weighted by Crippen LogP contribution is -2.57. The van der Waals surface area contributed by atoms with Gasteiger partial charge in [-0.1, -0.05) is 48.8 Å². The number of halogens is 1. The molecule has 0 aliphatic carbocycles. The SMILES string of the molecule is CC(=O)N[C@H](C(=O)N1C[C@H](O)C[C@H]1C1=N[C@](C)(c2ccc(Br)cc2)C(=O)N1)C(C)(C)C.[HH]. The average Bonchev–Trinajstić information content (AvgIpc) is 3.19. The smallest absolute Gasteiger partial charge is 0.257 e. The Kier molecular flexibility index (Phi) is 6.30. The number of carbonyl (C=O) groups excluding carboxylic acids is 3. The molecular formula is C22H31BrN4O4. The van der Waals surface area contributed by atoms with E-state index in [-0.39, 0.29) is 32.1 Å². The Hall–Kier alpha value is -2.26. The molecular weight excluding hydrogens is 464 g/mol. The van der Waals surface area contributed by atoms with Gasteiger partial charge < -0.3 is 20.6 Å². The minimum atomic E-state index is -1.13. The number of nitrogens with zero attached hydrogens (tertiary/aromatic N) is 2. The predicted molar refractivity (Wildman–Crippen MR) is 122 cm³/mol. The Morgan fingerprint density at radius 1 is 1.35 bits per heavy atom. The van der Waals surface area contributed by atoms with Gasteiger partial charge in [0.15, 0.2) is 5.54 Å². The molecule has 3 rings (SSSR count). The van der Waals surface area contributed by atoms with E-state index in [1.54, 1.807) is 6.92 Å². The van der Waals surface area contributed by atoms with Crippen molar-refractivity contribution in [3.8, 4) is 0 Å². The topological polar surface area (TPSA) is 111 Å². The Bertz CT molecular complexity index is 931. The minimum Gasteiger partial charge on any atom is -0.391 e. The molecule has 1 aromatic carbocycles. The quantitative estimate of drug-likeness (QED) is 0.593. The van der Waals surface area contributed by atoms with Gasteiger partial charge in [-0.15, -0.1) is 0 Å². The lowest BCUT2D eigenvalue weighted by atomic mass is 9.85. The molecule has 4 atom stereocenters. The van der Waals surface area contributed by atoms with Crippen LogP contribution in [0.15, 0.2) is 33.7 Å². The first-order chi connectivity index (χ1) is 14.3. The lowest BCUT2D eigenvalue weighted by molar-refractivity contribution is -0.139. The van der Waals surface area contributed by atoms with Gasteiger partial charge in [-0.05, 0) is 30.0 Å². The molecule has 0 unspecified atom stereocenters. The van der Waals surface area contributed by atoms with Gasteiger partial charge in [-0.3, -0.25) is 14.4 Å². The number of carbonyl (C=O) groups is 3. The van der Waals surface area contributed by atoms with E-state index in [9.17, 15) is 19.5 Å². The Labute approximate surface area is 192 Å². The second-order valence-corrected chi connectivity index (χ2v) is 10.3. The zero-order chi connectivity index (χ0) is 23.1. The first-order valence-corrected chi connectivity index (χ1v) is 11.0. The number of rotatable bonds is 4. The van der Waals surface area contributed by atoms with Gasteiger partial charge in [0.05, 0.1) is 12.1 Å². The fraction of sp³-hybridized carbons (Fsp3) is 0.545. The number of β-amino-alcohol motifs (C(OH)–C–C–N with tert-alkyl or cyclic N) is 1. The van der Waals surface area contributed by atoms with Gasteiger partial charge >= 0.3 is 0 Å². The van der Waals surface area contributed by atoms with Crippen molar-refractivity contribution in [1.29, 1.82) is 0 Å². The van der Waals surface area contributed by atoms with Crippen LogP contribution in [0.25, 0.3) is 0 Å². The third-order valence-electron chi connectivity index (χ3n) is 5.77. The molecule has 0 bridgehead atoms. The summed E-state index contributed by atoms with van der Waals surface area (Å²) in [5.74, 6) is -0.541. The first-order valence-electron chi connectivity index (χ1n) is 10.3. The first kappa shape index (κ1) is 23.4. The highest BCUT2D eigenvalue weighted by Gasteiger charge is 2.48. The van der Waals surface area contributed by atoms with E-state index in [0.29, 0.717) is 5.84 Å². The molecule has 1 fully saturated rings. The molecule has 0 aromatic heterocycles. The summed E-state index contributed by atoms with van der Waals surface area (Å²) in [6, 6.07) is 6.00. The summed E-state index contributed by atoms with van der Waals surface area (Å²) in [6.45, 7) is 8.81. The average molecular weight is 495 g/mol. The van der Waals surface area contributed by atoms with Crippen LogP contribution in [-0.2, 0) is 19.9 Å². The van der Waals surface area contributed by atoms with Crippen molar-refractivity contribution in [2.75, 3.05) is 6.54 Å². The summed E-state index contributed by atoms with van der Waals surface area (Å²) in [6.07, 6.45) is -0.482. The van der Waals surface area contributed by atoms with Crippen LogP contribution in [0.2, 0.25) is 0 Å². The second kappa shape index (κ2) is 8.35. The van der Waals surface area contributed by atoms with Crippen LogP contribution < -0.4 is 10.6 Å². The van der Waals surface area contributed by atoms with E-state index < -0.39 is 29.1 Å². The fourth-order valence-electron chi connectivity index (χ4n) is 4.02. The van der Waals surface area contributed by atoms with Gasteiger partial charge in [0, 0.05) is 25.8 Å². The Balaban J connectivity index is 0.00000363. The predicted octanol–water partition coefficient (Wildman–Crippen LogP) is 1.95. The summed E-state index contributed by atoms with van der Waals surface area (Å²) in [5, 5.41) is 15.9. The number of hydrogen-bond acceptors (Lipinski definition) is 5. The molecule has 8 nitrogen and oxygen atoms in total. The maximum atomic E-state index is 13.4. The van der Waals surface area contributed by atoms with Gasteiger partial charge in [0.1, 0.15) is 11.9 Å². The second-order valence-electron chi connectivity index (χ2n) is 9.43. The lowest BCUT2D eigenvalue weighted by Gasteiger charge is -2.35. The molecule has 1 aromatic rings. The van der Waals surface area contributed by atoms with E-state index >= 15 is 0 Å². The number of benzene rings is 1. The van der Waals surface area contributed by atoms with Crippen LogP contribution in [0.3, 0.4) is 0 Å². The number of hydrogen-bond donors (Lipinski definition) is 3. The van der Waals surface area contributed by atoms with Crippen molar-refractivity contribution in [2.24, 2.45) is 10.4 Å². The van der Waals surface area contributed by atoms with Crippen molar-refractivity contribution in [3.05, 3.63) is 34.3 Å². The highest BCUT2D eigenvalue weighted by molar-refractivity contribution is 9.10. The van der Waals surface area contributed by atoms with Gasteiger partial charge in [0.2, 0.25) is 11.8 Å². The fourth-order valence-corrected chi connectivity index (χ4v) is 4.28. The molecule has 2 heterocycles. The summed E-state index contributed by atoms with van der Waals surface area (Å²) in [7, 11) is 0. The number of aliphatic hydroxyl groups excluding tert-OH is 1. The zero-order valence-corrected chi connectivity index (χ0v) is 20.0. The summed E-state index contributed by atoms with van der Waals surface area (Å²) < 4.78 is 0.893. The minimum absolute atomic E-state index is 0. The van der Waals surface area contributed by atoms with E-state index in [4.69, 9.17) is 0 Å². The normalized spacial score (nSPS) is 27.0. The largest absolute Gasteiger partial charge is 0.391 e. The van der Waals surface area contributed by atoms with Gasteiger partial charge in [0.25, 0.3) is 5.91 Å². The number of aliphatic hydroxyl groups is 1. The summed E-state index contributed by atoms with van der Waals surface area (Å²) in [4.78, 5) is 44.2. The van der Waals surface area contributed by atoms with Crippen LogP contribution in [0, 0.1) is 5.41 Å². The molecule has 3 amide bonds. The summed E-state index contributed by atoms with van der Waals surface area (Å²) in [5.41, 5.74) is -0.933. The molecule has 0 saturated carbocycles. The molecule has 170 valence electrons. The highest BCUT2D eigenvalue weighted by atomic mass is 79.9. The summed E-state index contributed by atoms with van der Waals surface area (Å²) >= 11 is 3.39. The Morgan fingerprint density at radius 3 is 2.52 bits per heavy atom. The van der Waals surface area contributed by atoms with Gasteiger partial charge in [-0.2, -0.15) is 0 Å². The van der Waals surface area contributed by atoms with Crippen LogP contribution in [-0.4, -0.2) is 58.3 Å². The molecule has 1 saturated heterocycles. The number of nitrogens with one attached hydrogen (secondary N) is 2. The van der Waals surface area contributed by atoms with E-state index in [1.165, 1.54) is 11.8 Å². The molecule has 0 spiro atoms. The van der Waals surface area contributed by atoms with Crippen molar-refractivity contribution in [2.45, 2.75) is 64.8 Å². The monoisotopic (exact) mass is 494 g/mol. The van der Waals surface area contributed by atoms with Gasteiger partial charge in [-0.25, -0.2) is 4.99 Å². The maximum Gasteiger partial charge on any atom is 0.257 e. The van der Waals surface area contributed by atoms with E-state index in [0.717, 1.165) is 10.0 Å². The van der Waals surface area contributed by atoms with E-state index in [2.05, 4.69) is 31.6 Å². The van der Waals surface area contributed by atoms with E-state index in [1.807, 2.05) is 45.0 Å². The third kappa shape index (κ3) is 4.67. The number of likely N-dealkylation sites (tertiary alicyclic amines) is 1. The third-order valence-corrected chi connectivity index (χ3v) is 6.30. The van der Waals surface area contributed by atoms with Crippen LogP contribution in [0.4, 0.5) is 0 Å². The molecule has 0 radical (unpaired) electrons. The molecule has 2 aliphatic heterocycles. The molecule has 3 N–H and O–H groups in total. The zero-order valence-electron chi connectivity index (χ0n) is 18.4. The molecule has 9 heteroatoms. The Morgan fingerprint density at radius 2 is 1.97 bits per heavy atom. The number of aliphatic imine (C=N–C) groups is 1. The molecule has 31 heavy (non-hydrogen) atoms. The van der Waals surface area contributed by atoms with Crippen LogP contribution in [0.1, 0.15) is 48.0 Å². The standard InChI is InChI=1S/C22H29BrN4O4.H2/c1-12(28)24-17(21(2,3)4)19(30)27-11-15(29)10-16(27)18-25-20(31)22(5,26-18)13-6-8-14(23)9-7-13;/h6-9,15-17,29H,10-11H2,1-5H3,(H,24,28)(H,25,26,31);1H/t15-,16+,17-,22-;/m1./s1.